The molecule has 0 aliphatic carbocycles. The predicted molar refractivity (Wildman–Crippen MR) is 81.4 cm³/mol. The summed E-state index contributed by atoms with van der Waals surface area (Å²) in [5, 5.41) is 0. The van der Waals surface area contributed by atoms with E-state index in [-0.39, 0.29) is 5.91 Å². The van der Waals surface area contributed by atoms with E-state index in [0.29, 0.717) is 5.92 Å². The van der Waals surface area contributed by atoms with Gasteiger partial charge in [0.2, 0.25) is 0 Å². The standard InChI is InChI=1S/C15H21BrN2O/c1-11-4-5-13(8-14(11)16)15(19)18(3)10-12-6-7-17(2)9-12/h4-5,8,12H,6-7,9-10H2,1-3H3. The summed E-state index contributed by atoms with van der Waals surface area (Å²) in [5.74, 6) is 0.711. The van der Waals surface area contributed by atoms with Crippen LogP contribution in [0, 0.1) is 12.8 Å². The lowest BCUT2D eigenvalue weighted by atomic mass is 10.1. The molecule has 0 bridgehead atoms. The minimum absolute atomic E-state index is 0.107. The summed E-state index contributed by atoms with van der Waals surface area (Å²) in [6, 6.07) is 5.79. The van der Waals surface area contributed by atoms with Crippen LogP contribution in [-0.4, -0.2) is 49.4 Å². The van der Waals surface area contributed by atoms with E-state index in [2.05, 4.69) is 27.9 Å². The summed E-state index contributed by atoms with van der Waals surface area (Å²) < 4.78 is 0.993. The number of aryl methyl sites for hydroxylation is 1. The van der Waals surface area contributed by atoms with Gasteiger partial charge >= 0.3 is 0 Å². The highest BCUT2D eigenvalue weighted by molar-refractivity contribution is 9.10. The predicted octanol–water partition coefficient (Wildman–Crippen LogP) is 2.78. The van der Waals surface area contributed by atoms with E-state index < -0.39 is 0 Å². The number of hydrogen-bond donors (Lipinski definition) is 0. The lowest BCUT2D eigenvalue weighted by molar-refractivity contribution is 0.0774. The van der Waals surface area contributed by atoms with Gasteiger partial charge in [0.1, 0.15) is 0 Å². The van der Waals surface area contributed by atoms with Gasteiger partial charge in [-0.25, -0.2) is 0 Å². The van der Waals surface area contributed by atoms with Crippen molar-refractivity contribution >= 4 is 21.8 Å². The van der Waals surface area contributed by atoms with Crippen LogP contribution in [0.5, 0.6) is 0 Å². The molecular formula is C15H21BrN2O. The fraction of sp³-hybridized carbons (Fsp3) is 0.533. The van der Waals surface area contributed by atoms with Crippen molar-refractivity contribution in [3.05, 3.63) is 33.8 Å². The van der Waals surface area contributed by atoms with Crippen LogP contribution in [0.4, 0.5) is 0 Å². The maximum atomic E-state index is 12.4. The molecule has 0 spiro atoms. The number of hydrogen-bond acceptors (Lipinski definition) is 2. The average molecular weight is 325 g/mol. The SMILES string of the molecule is Cc1ccc(C(=O)N(C)CC2CCN(C)C2)cc1Br. The van der Waals surface area contributed by atoms with Gasteiger partial charge in [-0.1, -0.05) is 22.0 Å². The third-order valence-corrected chi connectivity index (χ3v) is 4.64. The summed E-state index contributed by atoms with van der Waals surface area (Å²) in [7, 11) is 4.04. The highest BCUT2D eigenvalue weighted by Gasteiger charge is 2.23. The van der Waals surface area contributed by atoms with E-state index >= 15 is 0 Å². The van der Waals surface area contributed by atoms with Crippen molar-refractivity contribution in [3.8, 4) is 0 Å². The molecule has 0 aromatic heterocycles. The lowest BCUT2D eigenvalue weighted by Crippen LogP contribution is -2.32. The molecule has 1 saturated heterocycles. The summed E-state index contributed by atoms with van der Waals surface area (Å²) in [5.41, 5.74) is 1.91. The highest BCUT2D eigenvalue weighted by Crippen LogP contribution is 2.20. The van der Waals surface area contributed by atoms with Crippen molar-refractivity contribution in [1.82, 2.24) is 9.80 Å². The molecule has 4 heteroatoms. The van der Waals surface area contributed by atoms with E-state index in [1.165, 1.54) is 6.42 Å². The zero-order chi connectivity index (χ0) is 14.0. The van der Waals surface area contributed by atoms with Crippen molar-refractivity contribution in [2.75, 3.05) is 33.7 Å². The monoisotopic (exact) mass is 324 g/mol. The number of halogens is 1. The maximum Gasteiger partial charge on any atom is 0.253 e. The number of rotatable bonds is 3. The van der Waals surface area contributed by atoms with Crippen LogP contribution in [0.2, 0.25) is 0 Å². The summed E-state index contributed by atoms with van der Waals surface area (Å²) in [6.45, 7) is 5.10. The number of amides is 1. The largest absolute Gasteiger partial charge is 0.341 e. The fourth-order valence-corrected chi connectivity index (χ4v) is 2.97. The molecule has 0 N–H and O–H groups in total. The lowest BCUT2D eigenvalue weighted by Gasteiger charge is -2.21. The Morgan fingerprint density at radius 3 is 2.84 bits per heavy atom. The Labute approximate surface area is 123 Å². The van der Waals surface area contributed by atoms with E-state index in [4.69, 9.17) is 0 Å². The first kappa shape index (κ1) is 14.5. The molecule has 3 nitrogen and oxygen atoms in total. The van der Waals surface area contributed by atoms with Gasteiger partial charge in [0.15, 0.2) is 0 Å². The second kappa shape index (κ2) is 6.06. The Morgan fingerprint density at radius 1 is 1.53 bits per heavy atom. The number of likely N-dealkylation sites (tertiary alicyclic amines) is 1. The van der Waals surface area contributed by atoms with Crippen molar-refractivity contribution in [2.24, 2.45) is 5.92 Å². The summed E-state index contributed by atoms with van der Waals surface area (Å²) >= 11 is 3.48. The second-order valence-electron chi connectivity index (χ2n) is 5.57. The first-order chi connectivity index (χ1) is 8.97. The summed E-state index contributed by atoms with van der Waals surface area (Å²) in [6.07, 6.45) is 1.19. The number of carbonyl (C=O) groups is 1. The number of carbonyl (C=O) groups excluding carboxylic acids is 1. The van der Waals surface area contributed by atoms with Gasteiger partial charge in [-0.3, -0.25) is 4.79 Å². The highest BCUT2D eigenvalue weighted by atomic mass is 79.9. The van der Waals surface area contributed by atoms with Crippen molar-refractivity contribution in [1.29, 1.82) is 0 Å². The van der Waals surface area contributed by atoms with Crippen LogP contribution in [0.15, 0.2) is 22.7 Å². The molecule has 104 valence electrons. The molecule has 1 unspecified atom stereocenters. The van der Waals surface area contributed by atoms with E-state index in [9.17, 15) is 4.79 Å². The molecular weight excluding hydrogens is 304 g/mol. The first-order valence-corrected chi connectivity index (χ1v) is 7.47. The van der Waals surface area contributed by atoms with Gasteiger partial charge in [0.05, 0.1) is 0 Å². The first-order valence-electron chi connectivity index (χ1n) is 6.67. The molecule has 1 fully saturated rings. The fourth-order valence-electron chi connectivity index (χ4n) is 2.59. The average Bonchev–Trinajstić information content (AvgIpc) is 2.77. The third-order valence-electron chi connectivity index (χ3n) is 3.79. The zero-order valence-corrected chi connectivity index (χ0v) is 13.4. The Morgan fingerprint density at radius 2 is 2.26 bits per heavy atom. The van der Waals surface area contributed by atoms with Crippen molar-refractivity contribution in [3.63, 3.8) is 0 Å². The van der Waals surface area contributed by atoms with Crippen LogP contribution in [0.1, 0.15) is 22.3 Å². The van der Waals surface area contributed by atoms with Gasteiger partial charge in [-0.2, -0.15) is 0 Å². The molecule has 19 heavy (non-hydrogen) atoms. The molecule has 1 amide bonds. The minimum atomic E-state index is 0.107. The number of benzene rings is 1. The van der Waals surface area contributed by atoms with Gasteiger partial charge in [0, 0.05) is 30.2 Å². The Bertz CT molecular complexity index is 475. The van der Waals surface area contributed by atoms with Crippen LogP contribution < -0.4 is 0 Å². The summed E-state index contributed by atoms with van der Waals surface area (Å²) in [4.78, 5) is 16.5. The molecule has 1 aromatic carbocycles. The van der Waals surface area contributed by atoms with Crippen LogP contribution in [0.25, 0.3) is 0 Å². The van der Waals surface area contributed by atoms with Gasteiger partial charge in [-0.05, 0) is 50.6 Å². The van der Waals surface area contributed by atoms with E-state index in [1.54, 1.807) is 0 Å². The molecule has 0 radical (unpaired) electrons. The van der Waals surface area contributed by atoms with E-state index in [1.807, 2.05) is 37.1 Å². The van der Waals surface area contributed by atoms with Crippen LogP contribution in [-0.2, 0) is 0 Å². The topological polar surface area (TPSA) is 23.6 Å². The Hall–Kier alpha value is -0.870. The quantitative estimate of drug-likeness (QED) is 0.853. The van der Waals surface area contributed by atoms with E-state index in [0.717, 1.165) is 35.2 Å². The van der Waals surface area contributed by atoms with Crippen molar-refractivity contribution in [2.45, 2.75) is 13.3 Å². The Balaban J connectivity index is 2.00. The van der Waals surface area contributed by atoms with Crippen molar-refractivity contribution < 1.29 is 4.79 Å². The molecule has 2 rings (SSSR count). The zero-order valence-electron chi connectivity index (χ0n) is 11.8. The van der Waals surface area contributed by atoms with Gasteiger partial charge in [0.25, 0.3) is 5.91 Å². The molecule has 0 saturated carbocycles. The second-order valence-corrected chi connectivity index (χ2v) is 6.42. The molecule has 1 aromatic rings. The molecule has 1 atom stereocenters. The minimum Gasteiger partial charge on any atom is -0.341 e. The van der Waals surface area contributed by atoms with Crippen LogP contribution in [0.3, 0.4) is 0 Å². The molecule has 1 heterocycles. The smallest absolute Gasteiger partial charge is 0.253 e. The Kier molecular flexibility index (Phi) is 4.63. The normalized spacial score (nSPS) is 19.7. The molecule has 1 aliphatic heterocycles. The van der Waals surface area contributed by atoms with Gasteiger partial charge < -0.3 is 9.80 Å². The van der Waals surface area contributed by atoms with Gasteiger partial charge in [-0.15, -0.1) is 0 Å². The maximum absolute atomic E-state index is 12.4. The number of nitrogens with zero attached hydrogens (tertiary/aromatic N) is 2. The van der Waals surface area contributed by atoms with Crippen LogP contribution >= 0.6 is 15.9 Å². The molecule has 1 aliphatic rings. The third kappa shape index (κ3) is 3.57.